The first-order chi connectivity index (χ1) is 15.8. The zero-order valence-corrected chi connectivity index (χ0v) is 17.3. The highest BCUT2D eigenvalue weighted by Gasteiger charge is 2.19. The van der Waals surface area contributed by atoms with E-state index in [4.69, 9.17) is 19.7 Å². The van der Waals surface area contributed by atoms with Crippen LogP contribution in [0.1, 0.15) is 0 Å². The van der Waals surface area contributed by atoms with Crippen molar-refractivity contribution in [2.75, 3.05) is 31.2 Å². The van der Waals surface area contributed by atoms with Crippen LogP contribution in [0.3, 0.4) is 0 Å². The van der Waals surface area contributed by atoms with Crippen LogP contribution >= 0.6 is 0 Å². The van der Waals surface area contributed by atoms with Gasteiger partial charge in [-0.05, 0) is 12.1 Å². The topological polar surface area (TPSA) is 84.8 Å². The van der Waals surface area contributed by atoms with Gasteiger partial charge < -0.3 is 14.6 Å². The van der Waals surface area contributed by atoms with E-state index in [1.807, 2.05) is 71.6 Å². The molecular weight excluding hydrogens is 402 g/mol. The number of rotatable bonds is 4. The first kappa shape index (κ1) is 18.7. The third-order valence-electron chi connectivity index (χ3n) is 5.62. The fourth-order valence-corrected chi connectivity index (χ4v) is 3.97. The zero-order chi connectivity index (χ0) is 21.3. The molecule has 32 heavy (non-hydrogen) atoms. The number of imidazole rings is 1. The summed E-state index contributed by atoms with van der Waals surface area (Å²) in [5, 5.41) is 1.08. The van der Waals surface area contributed by atoms with E-state index in [2.05, 4.69) is 14.9 Å². The van der Waals surface area contributed by atoms with Crippen molar-refractivity contribution in [3.63, 3.8) is 0 Å². The average molecular weight is 423 g/mol. The van der Waals surface area contributed by atoms with E-state index in [-0.39, 0.29) is 0 Å². The van der Waals surface area contributed by atoms with E-state index in [9.17, 15) is 0 Å². The Hall–Kier alpha value is -4.04. The summed E-state index contributed by atoms with van der Waals surface area (Å²) in [5.74, 6) is 1.83. The largest absolute Gasteiger partial charge is 0.378 e. The van der Waals surface area contributed by atoms with E-state index in [0.29, 0.717) is 30.9 Å². The molecule has 3 aromatic heterocycles. The van der Waals surface area contributed by atoms with Crippen LogP contribution < -0.4 is 4.90 Å². The quantitative estimate of drug-likeness (QED) is 0.474. The minimum Gasteiger partial charge on any atom is -0.378 e. The number of hydrogen-bond acceptors (Lipinski definition) is 6. The maximum atomic E-state index is 5.52. The third kappa shape index (κ3) is 3.40. The number of anilines is 1. The number of hydrogen-bond donors (Lipinski definition) is 1. The lowest BCUT2D eigenvalue weighted by molar-refractivity contribution is 0.122. The monoisotopic (exact) mass is 423 g/mol. The Bertz CT molecular complexity index is 1370. The fourth-order valence-electron chi connectivity index (χ4n) is 3.97. The van der Waals surface area contributed by atoms with Gasteiger partial charge in [0.2, 0.25) is 11.9 Å². The van der Waals surface area contributed by atoms with E-state index in [0.717, 1.165) is 40.8 Å². The summed E-state index contributed by atoms with van der Waals surface area (Å²) in [4.78, 5) is 24.5. The van der Waals surface area contributed by atoms with Crippen LogP contribution in [0.2, 0.25) is 0 Å². The van der Waals surface area contributed by atoms with Crippen molar-refractivity contribution in [1.82, 2.24) is 29.5 Å². The van der Waals surface area contributed by atoms with Crippen LogP contribution in [0, 0.1) is 0 Å². The number of H-pyrrole nitrogens is 1. The van der Waals surface area contributed by atoms with Gasteiger partial charge in [-0.1, -0.05) is 42.5 Å². The van der Waals surface area contributed by atoms with Gasteiger partial charge in [0.15, 0.2) is 5.82 Å². The molecule has 2 aromatic carbocycles. The smallest absolute Gasteiger partial charge is 0.240 e. The molecule has 6 rings (SSSR count). The Labute approximate surface area is 184 Å². The maximum Gasteiger partial charge on any atom is 0.240 e. The fraction of sp³-hybridized carbons (Fsp3) is 0.167. The normalized spacial score (nSPS) is 14.2. The van der Waals surface area contributed by atoms with Gasteiger partial charge in [0.1, 0.15) is 6.33 Å². The van der Waals surface area contributed by atoms with Crippen LogP contribution in [-0.4, -0.2) is 55.8 Å². The van der Waals surface area contributed by atoms with E-state index < -0.39 is 0 Å². The van der Waals surface area contributed by atoms with E-state index in [1.54, 1.807) is 6.33 Å². The number of morpholine rings is 1. The Morgan fingerprint density at radius 2 is 1.69 bits per heavy atom. The molecule has 8 nitrogen and oxygen atoms in total. The third-order valence-corrected chi connectivity index (χ3v) is 5.62. The number of aromatic nitrogens is 6. The van der Waals surface area contributed by atoms with E-state index in [1.165, 1.54) is 0 Å². The SMILES string of the molecule is c1ccc(-c2cn(-c3nc(-c4cccc5[nH]ccc45)nc(N4CCOCC4)n3)cn2)cc1. The lowest BCUT2D eigenvalue weighted by Gasteiger charge is -2.27. The highest BCUT2D eigenvalue weighted by atomic mass is 16.5. The summed E-state index contributed by atoms with van der Waals surface area (Å²) in [6.45, 7) is 2.81. The van der Waals surface area contributed by atoms with Gasteiger partial charge in [0.05, 0.1) is 18.9 Å². The lowest BCUT2D eigenvalue weighted by atomic mass is 10.1. The van der Waals surface area contributed by atoms with Gasteiger partial charge in [0.25, 0.3) is 0 Å². The second-order valence-corrected chi connectivity index (χ2v) is 7.64. The molecule has 0 saturated carbocycles. The van der Waals surface area contributed by atoms with Crippen LogP contribution in [0.5, 0.6) is 0 Å². The van der Waals surface area contributed by atoms with Crippen molar-refractivity contribution in [2.24, 2.45) is 0 Å². The van der Waals surface area contributed by atoms with Crippen molar-refractivity contribution in [3.8, 4) is 28.6 Å². The molecule has 1 saturated heterocycles. The molecule has 0 bridgehead atoms. The predicted octanol–water partition coefficient (Wildman–Crippen LogP) is 3.71. The molecule has 1 N–H and O–H groups in total. The second kappa shape index (κ2) is 7.90. The molecule has 1 aliphatic heterocycles. The molecule has 0 spiro atoms. The molecule has 0 amide bonds. The molecule has 4 heterocycles. The number of ether oxygens (including phenoxy) is 1. The van der Waals surface area contributed by atoms with Gasteiger partial charge >= 0.3 is 0 Å². The molecular formula is C24H21N7O. The maximum absolute atomic E-state index is 5.52. The van der Waals surface area contributed by atoms with Crippen LogP contribution in [0.4, 0.5) is 5.95 Å². The summed E-state index contributed by atoms with van der Waals surface area (Å²) < 4.78 is 7.37. The molecule has 1 fully saturated rings. The summed E-state index contributed by atoms with van der Waals surface area (Å²) in [5.41, 5.74) is 3.93. The molecule has 1 aliphatic rings. The highest BCUT2D eigenvalue weighted by Crippen LogP contribution is 2.28. The van der Waals surface area contributed by atoms with Crippen molar-refractivity contribution in [1.29, 1.82) is 0 Å². The van der Waals surface area contributed by atoms with Crippen molar-refractivity contribution in [2.45, 2.75) is 0 Å². The first-order valence-corrected chi connectivity index (χ1v) is 10.6. The van der Waals surface area contributed by atoms with Gasteiger partial charge in [-0.3, -0.25) is 4.57 Å². The number of fused-ring (bicyclic) bond motifs is 1. The summed E-state index contributed by atoms with van der Waals surface area (Å²) in [6, 6.07) is 18.2. The standard InChI is InChI=1S/C24H21N7O/c1-2-5-17(6-3-1)21-15-31(16-26-21)24-28-22(19-7-4-8-20-18(19)9-10-25-20)27-23(29-24)30-11-13-32-14-12-30/h1-10,15-16,25H,11-14H2. The predicted molar refractivity (Wildman–Crippen MR) is 123 cm³/mol. The average Bonchev–Trinajstić information content (AvgIpc) is 3.55. The Morgan fingerprint density at radius 3 is 2.56 bits per heavy atom. The summed E-state index contributed by atoms with van der Waals surface area (Å²) in [7, 11) is 0. The molecule has 0 atom stereocenters. The van der Waals surface area contributed by atoms with Gasteiger partial charge in [-0.2, -0.15) is 15.0 Å². The van der Waals surface area contributed by atoms with E-state index >= 15 is 0 Å². The van der Waals surface area contributed by atoms with Gasteiger partial charge in [0, 0.05) is 47.5 Å². The van der Waals surface area contributed by atoms with Gasteiger partial charge in [-0.25, -0.2) is 4.98 Å². The molecule has 0 radical (unpaired) electrons. The summed E-state index contributed by atoms with van der Waals surface area (Å²) >= 11 is 0. The van der Waals surface area contributed by atoms with Gasteiger partial charge in [-0.15, -0.1) is 0 Å². The Kier molecular flexibility index (Phi) is 4.62. The van der Waals surface area contributed by atoms with Crippen molar-refractivity contribution in [3.05, 3.63) is 73.3 Å². The Morgan fingerprint density at radius 1 is 0.844 bits per heavy atom. The molecule has 0 unspecified atom stereocenters. The second-order valence-electron chi connectivity index (χ2n) is 7.64. The molecule has 5 aromatic rings. The van der Waals surface area contributed by atoms with Crippen molar-refractivity contribution >= 4 is 16.9 Å². The number of benzene rings is 2. The zero-order valence-electron chi connectivity index (χ0n) is 17.3. The molecule has 8 heteroatoms. The number of aromatic amines is 1. The van der Waals surface area contributed by atoms with Crippen LogP contribution in [-0.2, 0) is 4.74 Å². The molecule has 0 aliphatic carbocycles. The van der Waals surface area contributed by atoms with Crippen molar-refractivity contribution < 1.29 is 4.74 Å². The molecule has 158 valence electrons. The lowest BCUT2D eigenvalue weighted by Crippen LogP contribution is -2.37. The van der Waals surface area contributed by atoms with Crippen LogP contribution in [0.25, 0.3) is 39.5 Å². The minimum atomic E-state index is 0.540. The number of nitrogens with zero attached hydrogens (tertiary/aromatic N) is 6. The van der Waals surface area contributed by atoms with Crippen LogP contribution in [0.15, 0.2) is 73.3 Å². The minimum absolute atomic E-state index is 0.540. The Balaban J connectivity index is 1.48. The number of nitrogens with one attached hydrogen (secondary N) is 1. The first-order valence-electron chi connectivity index (χ1n) is 10.6. The summed E-state index contributed by atoms with van der Waals surface area (Å²) in [6.07, 6.45) is 5.64. The highest BCUT2D eigenvalue weighted by molar-refractivity contribution is 5.93.